The van der Waals surface area contributed by atoms with Crippen LogP contribution in [-0.2, 0) is 6.54 Å². The zero-order chi connectivity index (χ0) is 7.97. The molecule has 3 heterocycles. The van der Waals surface area contributed by atoms with E-state index in [1.54, 1.807) is 12.7 Å². The highest BCUT2D eigenvalue weighted by Crippen LogP contribution is 2.17. The number of nitrogens with one attached hydrogen (secondary N) is 1. The Bertz CT molecular complexity index is 470. The number of hydrogen-bond acceptors (Lipinski definition) is 3. The standard InChI is InChI=1S/C7H5N5/c1-2-12-4-11-6-5(7(12)8-1)9-3-10-6/h1,3-4H,2H2/p+1. The van der Waals surface area contributed by atoms with E-state index in [1.807, 2.05) is 10.8 Å². The number of imidazole rings is 1. The van der Waals surface area contributed by atoms with Crippen LogP contribution in [0.1, 0.15) is 0 Å². The molecule has 0 radical (unpaired) electrons. The lowest BCUT2D eigenvalue weighted by Gasteiger charge is -1.90. The molecule has 58 valence electrons. The number of hydrogen-bond donors (Lipinski definition) is 1. The topological polar surface area (TPSA) is 57.8 Å². The average Bonchev–Trinajstić information content (AvgIpc) is 2.71. The Balaban J connectivity index is 2.52. The van der Waals surface area contributed by atoms with E-state index in [4.69, 9.17) is 0 Å². The Morgan fingerprint density at radius 1 is 1.42 bits per heavy atom. The summed E-state index contributed by atoms with van der Waals surface area (Å²) in [5.74, 6) is 0.914. The molecule has 0 unspecified atom stereocenters. The zero-order valence-electron chi connectivity index (χ0n) is 6.23. The van der Waals surface area contributed by atoms with Gasteiger partial charge in [-0.15, -0.1) is 4.99 Å². The van der Waals surface area contributed by atoms with Gasteiger partial charge in [0, 0.05) is 0 Å². The van der Waals surface area contributed by atoms with Gasteiger partial charge in [-0.2, -0.15) is 0 Å². The zero-order valence-corrected chi connectivity index (χ0v) is 6.23. The first-order chi connectivity index (χ1) is 5.95. The first kappa shape index (κ1) is 5.82. The van der Waals surface area contributed by atoms with E-state index in [1.165, 1.54) is 0 Å². The number of H-pyrrole nitrogens is 1. The summed E-state index contributed by atoms with van der Waals surface area (Å²) in [6, 6.07) is 0. The summed E-state index contributed by atoms with van der Waals surface area (Å²) in [7, 11) is 0. The third-order valence-corrected chi connectivity index (χ3v) is 1.93. The highest BCUT2D eigenvalue weighted by Gasteiger charge is 2.19. The molecule has 1 N–H and O–H groups in total. The highest BCUT2D eigenvalue weighted by atomic mass is 15.2. The Labute approximate surface area is 67.8 Å². The van der Waals surface area contributed by atoms with Crippen molar-refractivity contribution in [2.24, 2.45) is 4.99 Å². The summed E-state index contributed by atoms with van der Waals surface area (Å²) < 4.78 is 1.97. The van der Waals surface area contributed by atoms with Crippen LogP contribution in [0.4, 0.5) is 5.82 Å². The van der Waals surface area contributed by atoms with Gasteiger partial charge in [0.15, 0.2) is 5.52 Å². The SMILES string of the molecule is C1=Nc2c3[nH]cnc3nc[n+]2C1. The van der Waals surface area contributed by atoms with Crippen molar-refractivity contribution in [3.8, 4) is 0 Å². The van der Waals surface area contributed by atoms with Crippen LogP contribution < -0.4 is 4.57 Å². The maximum atomic E-state index is 4.23. The van der Waals surface area contributed by atoms with Crippen LogP contribution >= 0.6 is 0 Å². The minimum Gasteiger partial charge on any atom is -0.336 e. The summed E-state index contributed by atoms with van der Waals surface area (Å²) in [4.78, 5) is 15.4. The van der Waals surface area contributed by atoms with Crippen LogP contribution in [0.15, 0.2) is 17.6 Å². The third-order valence-electron chi connectivity index (χ3n) is 1.93. The number of rotatable bonds is 0. The molecule has 1 aliphatic heterocycles. The van der Waals surface area contributed by atoms with Crippen molar-refractivity contribution in [2.75, 3.05) is 0 Å². The highest BCUT2D eigenvalue weighted by molar-refractivity contribution is 5.81. The van der Waals surface area contributed by atoms with E-state index >= 15 is 0 Å². The van der Waals surface area contributed by atoms with Gasteiger partial charge in [0.1, 0.15) is 12.8 Å². The summed E-state index contributed by atoms with van der Waals surface area (Å²) >= 11 is 0. The summed E-state index contributed by atoms with van der Waals surface area (Å²) in [5, 5.41) is 0. The average molecular weight is 160 g/mol. The molecule has 0 bridgehead atoms. The van der Waals surface area contributed by atoms with Crippen LogP contribution in [0.2, 0.25) is 0 Å². The Hall–Kier alpha value is -1.78. The molecule has 0 spiro atoms. The second-order valence-corrected chi connectivity index (χ2v) is 2.63. The number of aromatic amines is 1. The van der Waals surface area contributed by atoms with Gasteiger partial charge in [-0.25, -0.2) is 9.55 Å². The van der Waals surface area contributed by atoms with E-state index in [0.717, 1.165) is 23.5 Å². The minimum absolute atomic E-state index is 0.723. The van der Waals surface area contributed by atoms with Gasteiger partial charge >= 0.3 is 0 Å². The van der Waals surface area contributed by atoms with Crippen LogP contribution in [0.5, 0.6) is 0 Å². The molecule has 0 fully saturated rings. The second-order valence-electron chi connectivity index (χ2n) is 2.63. The first-order valence-corrected chi connectivity index (χ1v) is 3.69. The van der Waals surface area contributed by atoms with Crippen molar-refractivity contribution < 1.29 is 4.57 Å². The molecular formula is C7H6N5+. The smallest absolute Gasteiger partial charge is 0.291 e. The third kappa shape index (κ3) is 0.578. The van der Waals surface area contributed by atoms with Crippen LogP contribution in [-0.4, -0.2) is 21.2 Å². The van der Waals surface area contributed by atoms with E-state index in [2.05, 4.69) is 19.9 Å². The fraction of sp³-hybridized carbons (Fsp3) is 0.143. The van der Waals surface area contributed by atoms with E-state index < -0.39 is 0 Å². The molecule has 12 heavy (non-hydrogen) atoms. The van der Waals surface area contributed by atoms with Crippen molar-refractivity contribution in [3.05, 3.63) is 12.7 Å². The lowest BCUT2D eigenvalue weighted by molar-refractivity contribution is -0.665. The van der Waals surface area contributed by atoms with E-state index in [-0.39, 0.29) is 0 Å². The number of fused-ring (bicyclic) bond motifs is 3. The van der Waals surface area contributed by atoms with Gasteiger partial charge in [0.2, 0.25) is 6.33 Å². The predicted molar refractivity (Wildman–Crippen MR) is 42.2 cm³/mol. The van der Waals surface area contributed by atoms with Crippen molar-refractivity contribution in [3.63, 3.8) is 0 Å². The van der Waals surface area contributed by atoms with Gasteiger partial charge in [-0.1, -0.05) is 4.98 Å². The normalized spacial score (nSPS) is 14.0. The molecule has 0 aromatic carbocycles. The quantitative estimate of drug-likeness (QED) is 0.550. The number of aromatic nitrogens is 4. The molecule has 0 atom stereocenters. The van der Waals surface area contributed by atoms with Gasteiger partial charge in [-0.3, -0.25) is 0 Å². The summed E-state index contributed by atoms with van der Waals surface area (Å²) in [5.41, 5.74) is 1.63. The van der Waals surface area contributed by atoms with E-state index in [0.29, 0.717) is 0 Å². The second kappa shape index (κ2) is 1.88. The lowest BCUT2D eigenvalue weighted by Crippen LogP contribution is -2.31. The molecule has 2 aromatic heterocycles. The molecule has 1 aliphatic rings. The summed E-state index contributed by atoms with van der Waals surface area (Å²) in [6.45, 7) is 0.803. The Morgan fingerprint density at radius 2 is 2.42 bits per heavy atom. The van der Waals surface area contributed by atoms with Crippen molar-refractivity contribution in [1.82, 2.24) is 15.0 Å². The molecule has 5 heteroatoms. The van der Waals surface area contributed by atoms with Crippen LogP contribution in [0.3, 0.4) is 0 Å². The first-order valence-electron chi connectivity index (χ1n) is 3.69. The maximum absolute atomic E-state index is 4.23. The number of nitrogens with zero attached hydrogens (tertiary/aromatic N) is 4. The van der Waals surface area contributed by atoms with Crippen molar-refractivity contribution in [2.45, 2.75) is 6.54 Å². The monoisotopic (exact) mass is 160 g/mol. The molecule has 3 rings (SSSR count). The molecular weight excluding hydrogens is 154 g/mol. The van der Waals surface area contributed by atoms with Gasteiger partial charge in [-0.05, 0) is 0 Å². The Morgan fingerprint density at radius 3 is 3.42 bits per heavy atom. The van der Waals surface area contributed by atoms with Gasteiger partial charge < -0.3 is 4.98 Å². The summed E-state index contributed by atoms with van der Waals surface area (Å²) in [6.07, 6.45) is 5.25. The number of aliphatic imine (C=N–C) groups is 1. The predicted octanol–water partition coefficient (Wildman–Crippen LogP) is -0.0387. The Kier molecular flexibility index (Phi) is 0.910. The van der Waals surface area contributed by atoms with Crippen molar-refractivity contribution in [1.29, 1.82) is 0 Å². The fourth-order valence-electron chi connectivity index (χ4n) is 1.36. The molecule has 2 aromatic rings. The minimum atomic E-state index is 0.723. The van der Waals surface area contributed by atoms with Gasteiger partial charge in [0.05, 0.1) is 6.33 Å². The molecule has 5 nitrogen and oxygen atoms in total. The maximum Gasteiger partial charge on any atom is 0.291 e. The largest absolute Gasteiger partial charge is 0.336 e. The molecule has 0 aliphatic carbocycles. The van der Waals surface area contributed by atoms with Crippen LogP contribution in [0.25, 0.3) is 11.2 Å². The molecule has 0 saturated carbocycles. The van der Waals surface area contributed by atoms with Crippen molar-refractivity contribution >= 4 is 23.2 Å². The van der Waals surface area contributed by atoms with Crippen LogP contribution in [0, 0.1) is 0 Å². The fourth-order valence-corrected chi connectivity index (χ4v) is 1.36. The lowest BCUT2D eigenvalue weighted by atomic mass is 10.5. The molecule has 0 amide bonds. The molecule has 0 saturated heterocycles. The van der Waals surface area contributed by atoms with E-state index in [9.17, 15) is 0 Å². The van der Waals surface area contributed by atoms with Gasteiger partial charge in [0.25, 0.3) is 11.5 Å².